The molecular formula is C35H52O5S. The minimum absolute atomic E-state index is 0.266. The Morgan fingerprint density at radius 3 is 2.44 bits per heavy atom. The maximum absolute atomic E-state index is 13.9. The van der Waals surface area contributed by atoms with Gasteiger partial charge >= 0.3 is 0 Å². The van der Waals surface area contributed by atoms with Crippen LogP contribution in [0.2, 0.25) is 0 Å². The van der Waals surface area contributed by atoms with Gasteiger partial charge < -0.3 is 14.9 Å². The molecular weight excluding hydrogens is 532 g/mol. The van der Waals surface area contributed by atoms with Gasteiger partial charge in [0.05, 0.1) is 21.3 Å². The predicted octanol–water partition coefficient (Wildman–Crippen LogP) is 6.87. The number of allylic oxidation sites excluding steroid dienone is 1. The van der Waals surface area contributed by atoms with E-state index in [1.165, 1.54) is 25.7 Å². The smallest absolute Gasteiger partial charge is 0.181 e. The van der Waals surface area contributed by atoms with E-state index in [1.807, 2.05) is 6.07 Å². The van der Waals surface area contributed by atoms with E-state index in [9.17, 15) is 18.6 Å². The second kappa shape index (κ2) is 11.4. The zero-order valence-electron chi connectivity index (χ0n) is 25.3. The summed E-state index contributed by atoms with van der Waals surface area (Å²) in [4.78, 5) is 0.379. The van der Waals surface area contributed by atoms with Gasteiger partial charge in [0, 0.05) is 13.2 Å². The maximum Gasteiger partial charge on any atom is 0.181 e. The molecule has 6 heteroatoms. The Morgan fingerprint density at radius 1 is 0.951 bits per heavy atom. The highest BCUT2D eigenvalue weighted by atomic mass is 32.2. The second-order valence-electron chi connectivity index (χ2n) is 14.8. The lowest BCUT2D eigenvalue weighted by Crippen LogP contribution is -2.47. The number of hydrogen-bond acceptors (Lipinski definition) is 5. The van der Waals surface area contributed by atoms with Gasteiger partial charge in [-0.15, -0.1) is 0 Å². The fourth-order valence-corrected chi connectivity index (χ4v) is 12.1. The first-order valence-electron chi connectivity index (χ1n) is 16.6. The Hall–Kier alpha value is -1.21. The molecule has 8 atom stereocenters. The highest BCUT2D eigenvalue weighted by molar-refractivity contribution is 7.92. The van der Waals surface area contributed by atoms with Crippen molar-refractivity contribution in [2.75, 3.05) is 13.2 Å². The Balaban J connectivity index is 1.18. The second-order valence-corrected chi connectivity index (χ2v) is 17.0. The Morgan fingerprint density at radius 2 is 1.71 bits per heavy atom. The van der Waals surface area contributed by atoms with Gasteiger partial charge in [-0.25, -0.2) is 8.42 Å². The van der Waals surface area contributed by atoms with E-state index in [0.717, 1.165) is 50.4 Å². The molecule has 6 unspecified atom stereocenters. The molecule has 0 radical (unpaired) electrons. The summed E-state index contributed by atoms with van der Waals surface area (Å²) < 4.78 is 33.4. The topological polar surface area (TPSA) is 83.8 Å². The fourth-order valence-electron chi connectivity index (χ4n) is 10.2. The van der Waals surface area contributed by atoms with Crippen molar-refractivity contribution >= 4 is 9.84 Å². The summed E-state index contributed by atoms with van der Waals surface area (Å²) in [7, 11) is -3.55. The average molecular weight is 585 g/mol. The first-order chi connectivity index (χ1) is 19.6. The average Bonchev–Trinajstić information content (AvgIpc) is 3.31. The van der Waals surface area contributed by atoms with Crippen molar-refractivity contribution in [3.63, 3.8) is 0 Å². The summed E-state index contributed by atoms with van der Waals surface area (Å²) in [6.45, 7) is 5.63. The minimum Gasteiger partial charge on any atom is -0.390 e. The van der Waals surface area contributed by atoms with Gasteiger partial charge in [0.15, 0.2) is 9.84 Å². The molecule has 0 amide bonds. The minimum atomic E-state index is -3.55. The number of hydrogen-bond donors (Lipinski definition) is 2. The number of rotatable bonds is 8. The van der Waals surface area contributed by atoms with Gasteiger partial charge in [-0.3, -0.25) is 0 Å². The normalized spacial score (nSPS) is 39.2. The lowest BCUT2D eigenvalue weighted by atomic mass is 9.51. The maximum atomic E-state index is 13.9. The third kappa shape index (κ3) is 5.60. The quantitative estimate of drug-likeness (QED) is 0.326. The van der Waals surface area contributed by atoms with E-state index >= 15 is 0 Å². The molecule has 4 fully saturated rings. The van der Waals surface area contributed by atoms with Crippen molar-refractivity contribution in [1.82, 2.24) is 0 Å². The number of ether oxygens (including phenoxy) is 1. The van der Waals surface area contributed by atoms with Crippen molar-refractivity contribution in [3.05, 3.63) is 42.0 Å². The molecule has 0 aromatic heterocycles. The summed E-state index contributed by atoms with van der Waals surface area (Å²) in [6, 6.07) is 8.88. The zero-order chi connectivity index (χ0) is 28.9. The van der Waals surface area contributed by atoms with E-state index in [-0.39, 0.29) is 5.41 Å². The van der Waals surface area contributed by atoms with Gasteiger partial charge in [-0.1, -0.05) is 43.7 Å². The monoisotopic (exact) mass is 584 g/mol. The van der Waals surface area contributed by atoms with Crippen molar-refractivity contribution in [3.8, 4) is 0 Å². The summed E-state index contributed by atoms with van der Waals surface area (Å²) >= 11 is 0. The van der Waals surface area contributed by atoms with Gasteiger partial charge in [0.1, 0.15) is 0 Å². The number of sulfone groups is 1. The third-order valence-electron chi connectivity index (χ3n) is 12.8. The molecule has 2 N–H and O–H groups in total. The van der Waals surface area contributed by atoms with Crippen LogP contribution in [-0.2, 0) is 14.6 Å². The molecule has 3 saturated carbocycles. The largest absolute Gasteiger partial charge is 0.390 e. The van der Waals surface area contributed by atoms with Gasteiger partial charge in [0.2, 0.25) is 0 Å². The van der Waals surface area contributed by atoms with Crippen LogP contribution >= 0.6 is 0 Å². The van der Waals surface area contributed by atoms with Crippen LogP contribution in [0, 0.1) is 35.0 Å². The molecule has 0 bridgehead atoms. The molecule has 4 aliphatic carbocycles. The molecule has 1 aromatic carbocycles. The fraction of sp³-hybridized carbons (Fsp3) is 0.771. The van der Waals surface area contributed by atoms with Crippen LogP contribution < -0.4 is 0 Å². The van der Waals surface area contributed by atoms with E-state index in [4.69, 9.17) is 4.74 Å². The van der Waals surface area contributed by atoms with Crippen LogP contribution in [-0.4, -0.2) is 48.3 Å². The number of benzene rings is 1. The molecule has 1 heterocycles. The van der Waals surface area contributed by atoms with E-state index in [1.54, 1.807) is 29.8 Å². The summed E-state index contributed by atoms with van der Waals surface area (Å²) in [5.74, 6) is 3.38. The summed E-state index contributed by atoms with van der Waals surface area (Å²) in [5.41, 5.74) is 0.341. The molecule has 6 rings (SSSR count). The molecule has 5 aliphatic rings. The third-order valence-corrected chi connectivity index (χ3v) is 15.0. The predicted molar refractivity (Wildman–Crippen MR) is 162 cm³/mol. The molecule has 0 spiro atoms. The highest BCUT2D eigenvalue weighted by Crippen LogP contribution is 2.64. The number of fused-ring (bicyclic) bond motifs is 5. The number of aliphatic hydroxyl groups is 2. The molecule has 5 nitrogen and oxygen atoms in total. The van der Waals surface area contributed by atoms with Gasteiger partial charge in [-0.05, 0) is 137 Å². The van der Waals surface area contributed by atoms with Crippen LogP contribution in [0.3, 0.4) is 0 Å². The SMILES string of the molecule is CC[C@]1(O)CCC2C(=CCC3C2CCC2(C)C3CC[C@@H]2CCC(CC2(O)CCOCC2)S(=O)(=O)c2ccccc2)C1. The first-order valence-corrected chi connectivity index (χ1v) is 18.1. The van der Waals surface area contributed by atoms with Crippen molar-refractivity contribution in [2.24, 2.45) is 35.0 Å². The zero-order valence-corrected chi connectivity index (χ0v) is 26.1. The Bertz CT molecular complexity index is 1200. The Labute approximate surface area is 248 Å². The van der Waals surface area contributed by atoms with Crippen LogP contribution in [0.5, 0.6) is 0 Å². The van der Waals surface area contributed by atoms with Crippen molar-refractivity contribution in [1.29, 1.82) is 0 Å². The van der Waals surface area contributed by atoms with Crippen LogP contribution in [0.15, 0.2) is 46.9 Å². The standard InChI is InChI=1S/C35H52O5S/c1-3-34(36)18-16-29-25(23-34)9-13-31-30(29)15-17-33(2)26(11-14-32(31)33)10-12-28(24-35(37)19-21-40-22-20-35)41(38,39)27-7-5-4-6-8-27/h4-9,26,28-32,36-37H,3,10-24H2,1-2H3/t26-,28?,29?,30?,31?,32?,33?,34-/m0/s1. The first kappa shape index (κ1) is 29.8. The lowest BCUT2D eigenvalue weighted by Gasteiger charge is -2.54. The lowest BCUT2D eigenvalue weighted by molar-refractivity contribution is -0.0690. The Kier molecular flexibility index (Phi) is 8.28. The summed E-state index contributed by atoms with van der Waals surface area (Å²) in [6.07, 6.45) is 15.3. The molecule has 1 aliphatic heterocycles. The van der Waals surface area contributed by atoms with E-state index in [2.05, 4.69) is 19.9 Å². The van der Waals surface area contributed by atoms with E-state index in [0.29, 0.717) is 61.5 Å². The van der Waals surface area contributed by atoms with Crippen LogP contribution in [0.1, 0.15) is 104 Å². The molecule has 1 saturated heterocycles. The van der Waals surface area contributed by atoms with Gasteiger partial charge in [0.25, 0.3) is 0 Å². The van der Waals surface area contributed by atoms with Crippen molar-refractivity contribution in [2.45, 2.75) is 125 Å². The van der Waals surface area contributed by atoms with Crippen LogP contribution in [0.4, 0.5) is 0 Å². The van der Waals surface area contributed by atoms with E-state index < -0.39 is 26.3 Å². The van der Waals surface area contributed by atoms with Crippen molar-refractivity contribution < 1.29 is 23.4 Å². The van der Waals surface area contributed by atoms with Crippen LogP contribution in [0.25, 0.3) is 0 Å². The molecule has 1 aromatic rings. The molecule has 41 heavy (non-hydrogen) atoms. The molecule has 228 valence electrons. The highest BCUT2D eigenvalue weighted by Gasteiger charge is 2.56. The van der Waals surface area contributed by atoms with Gasteiger partial charge in [-0.2, -0.15) is 0 Å². The summed E-state index contributed by atoms with van der Waals surface area (Å²) in [5, 5.41) is 21.8.